The van der Waals surface area contributed by atoms with Crippen molar-refractivity contribution in [3.05, 3.63) is 207 Å². The van der Waals surface area contributed by atoms with E-state index in [0.717, 1.165) is 78.7 Å². The van der Waals surface area contributed by atoms with Gasteiger partial charge in [-0.05, 0) is 81.6 Å². The molecule has 0 aliphatic heterocycles. The summed E-state index contributed by atoms with van der Waals surface area (Å²) in [7, 11) is 0. The molecule has 58 heavy (non-hydrogen) atoms. The van der Waals surface area contributed by atoms with Crippen molar-refractivity contribution in [2.75, 3.05) is 0 Å². The number of hydrogen-bond donors (Lipinski definition) is 0. The predicted octanol–water partition coefficient (Wildman–Crippen LogP) is 12.5. The number of benzene rings is 6. The first-order valence-electron chi connectivity index (χ1n) is 19.2. The Balaban J connectivity index is 0.941. The van der Waals surface area contributed by atoms with E-state index < -0.39 is 0 Å². The fourth-order valence-corrected chi connectivity index (χ4v) is 7.20. The minimum atomic E-state index is 0.599. The zero-order valence-corrected chi connectivity index (χ0v) is 31.3. The Labute approximate surface area is 336 Å². The van der Waals surface area contributed by atoms with Crippen molar-refractivity contribution in [2.45, 2.75) is 0 Å². The van der Waals surface area contributed by atoms with E-state index in [9.17, 15) is 0 Å². The third-order valence-electron chi connectivity index (χ3n) is 10.2. The highest BCUT2D eigenvalue weighted by molar-refractivity contribution is 5.91. The molecular weight excluding hydrogens is 709 g/mol. The fraction of sp³-hybridized carbons (Fsp3) is 0. The van der Waals surface area contributed by atoms with Crippen LogP contribution in [0.15, 0.2) is 207 Å². The first-order valence-corrected chi connectivity index (χ1v) is 19.2. The molecule has 0 saturated carbocycles. The largest absolute Gasteiger partial charge is 0.253 e. The maximum Gasteiger partial charge on any atom is 0.179 e. The second-order valence-electron chi connectivity index (χ2n) is 14.0. The normalized spacial score (nSPS) is 11.1. The fourth-order valence-electron chi connectivity index (χ4n) is 7.20. The highest BCUT2D eigenvalue weighted by Gasteiger charge is 2.14. The number of fused-ring (bicyclic) bond motifs is 1. The summed E-state index contributed by atoms with van der Waals surface area (Å²) in [6.45, 7) is 0. The van der Waals surface area contributed by atoms with Gasteiger partial charge in [0.2, 0.25) is 0 Å². The summed E-state index contributed by atoms with van der Waals surface area (Å²) >= 11 is 0. The summed E-state index contributed by atoms with van der Waals surface area (Å²) in [4.78, 5) is 28.7. The van der Waals surface area contributed by atoms with Crippen LogP contribution in [0.2, 0.25) is 0 Å². The average Bonchev–Trinajstić information content (AvgIpc) is 3.32. The molecule has 0 N–H and O–H groups in total. The van der Waals surface area contributed by atoms with Gasteiger partial charge in [0.05, 0.1) is 22.8 Å². The van der Waals surface area contributed by atoms with E-state index in [1.807, 2.05) is 72.8 Å². The van der Waals surface area contributed by atoms with Crippen LogP contribution in [-0.2, 0) is 0 Å². The molecule has 0 bridgehead atoms. The van der Waals surface area contributed by atoms with Gasteiger partial charge in [-0.3, -0.25) is 9.97 Å². The number of aromatic nitrogens is 6. The monoisotopic (exact) mass is 742 g/mol. The van der Waals surface area contributed by atoms with E-state index >= 15 is 0 Å². The summed E-state index contributed by atoms with van der Waals surface area (Å²) in [6, 6.07) is 66.6. The summed E-state index contributed by atoms with van der Waals surface area (Å²) < 4.78 is 0. The van der Waals surface area contributed by atoms with Crippen molar-refractivity contribution in [3.8, 4) is 90.3 Å². The molecule has 0 radical (unpaired) electrons. The predicted molar refractivity (Wildman–Crippen MR) is 234 cm³/mol. The quantitative estimate of drug-likeness (QED) is 0.154. The van der Waals surface area contributed by atoms with Gasteiger partial charge in [0.1, 0.15) is 11.4 Å². The van der Waals surface area contributed by atoms with Gasteiger partial charge in [0.25, 0.3) is 0 Å². The van der Waals surface area contributed by atoms with Crippen molar-refractivity contribution in [3.63, 3.8) is 0 Å². The second kappa shape index (κ2) is 15.3. The molecule has 4 aromatic heterocycles. The minimum absolute atomic E-state index is 0.599. The molecule has 0 saturated heterocycles. The third-order valence-corrected chi connectivity index (χ3v) is 10.2. The van der Waals surface area contributed by atoms with Gasteiger partial charge in [-0.1, -0.05) is 146 Å². The molecule has 4 heterocycles. The van der Waals surface area contributed by atoms with Crippen LogP contribution in [0.4, 0.5) is 0 Å². The van der Waals surface area contributed by atoms with Gasteiger partial charge in [-0.15, -0.1) is 0 Å². The number of rotatable bonds is 8. The molecule has 0 fully saturated rings. The Hall–Kier alpha value is -7.96. The average molecular weight is 743 g/mol. The summed E-state index contributed by atoms with van der Waals surface area (Å²) in [5, 5.41) is 2.36. The molecular formula is C52H34N6. The van der Waals surface area contributed by atoms with E-state index in [0.29, 0.717) is 11.6 Å². The molecule has 0 unspecified atom stereocenters. The summed E-state index contributed by atoms with van der Waals surface area (Å²) in [5.74, 6) is 1.20. The number of hydrogen-bond acceptors (Lipinski definition) is 6. The lowest BCUT2D eigenvalue weighted by Gasteiger charge is -2.11. The van der Waals surface area contributed by atoms with Crippen LogP contribution in [0, 0.1) is 0 Å². The highest BCUT2D eigenvalue weighted by atomic mass is 14.9. The van der Waals surface area contributed by atoms with E-state index in [2.05, 4.69) is 131 Å². The van der Waals surface area contributed by atoms with Crippen LogP contribution in [-0.4, -0.2) is 29.9 Å². The van der Waals surface area contributed by atoms with Crippen molar-refractivity contribution in [2.24, 2.45) is 0 Å². The Kier molecular flexibility index (Phi) is 9.10. The van der Waals surface area contributed by atoms with Crippen LogP contribution in [0.5, 0.6) is 0 Å². The number of nitrogens with zero attached hydrogens (tertiary/aromatic N) is 6. The van der Waals surface area contributed by atoms with Crippen molar-refractivity contribution in [1.29, 1.82) is 0 Å². The van der Waals surface area contributed by atoms with Crippen LogP contribution in [0.1, 0.15) is 0 Å². The van der Waals surface area contributed by atoms with Gasteiger partial charge >= 0.3 is 0 Å². The lowest BCUT2D eigenvalue weighted by molar-refractivity contribution is 1.15. The van der Waals surface area contributed by atoms with Crippen LogP contribution in [0.3, 0.4) is 0 Å². The van der Waals surface area contributed by atoms with Gasteiger partial charge in [0, 0.05) is 34.6 Å². The first-order chi connectivity index (χ1) is 28.7. The molecule has 0 aliphatic rings. The van der Waals surface area contributed by atoms with Gasteiger partial charge < -0.3 is 0 Å². The molecule has 0 spiro atoms. The minimum Gasteiger partial charge on any atom is -0.253 e. The molecule has 0 atom stereocenters. The smallest absolute Gasteiger partial charge is 0.179 e. The maximum atomic E-state index is 4.95. The molecule has 6 aromatic carbocycles. The van der Waals surface area contributed by atoms with Crippen molar-refractivity contribution < 1.29 is 0 Å². The molecule has 6 heteroatoms. The van der Waals surface area contributed by atoms with E-state index in [-0.39, 0.29) is 0 Å². The van der Waals surface area contributed by atoms with E-state index in [1.54, 1.807) is 12.4 Å². The molecule has 10 aromatic rings. The summed E-state index contributed by atoms with van der Waals surface area (Å²) in [6.07, 6.45) is 3.54. The number of pyridine rings is 2. The van der Waals surface area contributed by atoms with E-state index in [4.69, 9.17) is 19.9 Å². The van der Waals surface area contributed by atoms with Gasteiger partial charge in [-0.2, -0.15) is 0 Å². The zero-order chi connectivity index (χ0) is 38.7. The lowest BCUT2D eigenvalue weighted by Crippen LogP contribution is -1.97. The van der Waals surface area contributed by atoms with Crippen LogP contribution < -0.4 is 0 Å². The second-order valence-corrected chi connectivity index (χ2v) is 14.0. The SMILES string of the molecule is c1ccc(-c2cc(-c3ccc(-c4ccc5ccc(-c6ccc(-c7cc(-c8ccccc8)nc(-c8ccccn8)n7)cc6)cc5c4)cc3)nc(-c3ccccn3)n2)cc1. The summed E-state index contributed by atoms with van der Waals surface area (Å²) in [5.41, 5.74) is 13.5. The Morgan fingerprint density at radius 2 is 0.569 bits per heavy atom. The van der Waals surface area contributed by atoms with Crippen molar-refractivity contribution in [1.82, 2.24) is 29.9 Å². The Morgan fingerprint density at radius 3 is 0.948 bits per heavy atom. The van der Waals surface area contributed by atoms with Crippen LogP contribution >= 0.6 is 0 Å². The zero-order valence-electron chi connectivity index (χ0n) is 31.3. The van der Waals surface area contributed by atoms with Crippen molar-refractivity contribution >= 4 is 10.8 Å². The first kappa shape index (κ1) is 34.5. The maximum absolute atomic E-state index is 4.95. The molecule has 6 nitrogen and oxygen atoms in total. The van der Waals surface area contributed by atoms with Crippen LogP contribution in [0.25, 0.3) is 101 Å². The standard InChI is InChI=1S/C52H34N6/c1-3-11-38(12-4-1)47-33-49(57-51(55-47)45-15-7-9-29-53-45)40-23-17-35(18-24-40)42-27-21-37-22-28-43(32-44(37)31-42)36-19-25-41(26-20-36)50-34-48(39-13-5-2-6-14-39)56-52(58-50)46-16-8-10-30-54-46/h1-34H. The molecule has 0 amide bonds. The topological polar surface area (TPSA) is 77.3 Å². The Bertz CT molecular complexity index is 2690. The lowest BCUT2D eigenvalue weighted by atomic mass is 9.96. The third kappa shape index (κ3) is 7.14. The molecule has 10 rings (SSSR count). The van der Waals surface area contributed by atoms with Gasteiger partial charge in [-0.25, -0.2) is 19.9 Å². The molecule has 272 valence electrons. The Morgan fingerprint density at radius 1 is 0.224 bits per heavy atom. The molecule has 0 aliphatic carbocycles. The highest BCUT2D eigenvalue weighted by Crippen LogP contribution is 2.33. The van der Waals surface area contributed by atoms with E-state index in [1.165, 1.54) is 10.8 Å². The van der Waals surface area contributed by atoms with Gasteiger partial charge in [0.15, 0.2) is 11.6 Å².